The smallest absolute Gasteiger partial charge is 0.329 e. The zero-order valence-corrected chi connectivity index (χ0v) is 17.6. The summed E-state index contributed by atoms with van der Waals surface area (Å²) in [6.07, 6.45) is 2.64. The number of aryl methyl sites for hydroxylation is 1. The topological polar surface area (TPSA) is 155 Å². The normalized spacial score (nSPS) is 10.6. The molecule has 3 rings (SSSR count). The molecule has 0 unspecified atom stereocenters. The highest BCUT2D eigenvalue weighted by Crippen LogP contribution is 2.09. The minimum Gasteiger partial charge on any atom is -0.467 e. The molecule has 0 bridgehead atoms. The van der Waals surface area contributed by atoms with Crippen molar-refractivity contribution in [3.8, 4) is 0 Å². The number of benzene rings is 1. The summed E-state index contributed by atoms with van der Waals surface area (Å²) in [6, 6.07) is 13.4. The van der Waals surface area contributed by atoms with Gasteiger partial charge in [0, 0.05) is 5.69 Å². The van der Waals surface area contributed by atoms with E-state index in [-0.39, 0.29) is 18.8 Å². The quantitative estimate of drug-likeness (QED) is 0.240. The maximum absolute atomic E-state index is 12.0. The largest absolute Gasteiger partial charge is 0.467 e. The van der Waals surface area contributed by atoms with Gasteiger partial charge in [-0.3, -0.25) is 19.2 Å². The summed E-state index contributed by atoms with van der Waals surface area (Å²) in [6.45, 7) is 1.95. The molecule has 11 nitrogen and oxygen atoms in total. The van der Waals surface area contributed by atoms with Crippen molar-refractivity contribution >= 4 is 35.5 Å². The fourth-order valence-electron chi connectivity index (χ4n) is 2.50. The zero-order valence-electron chi connectivity index (χ0n) is 17.6. The molecule has 4 amide bonds. The number of anilines is 1. The second-order valence-electron chi connectivity index (χ2n) is 6.77. The van der Waals surface area contributed by atoms with Gasteiger partial charge in [-0.05, 0) is 43.3 Å². The average molecular weight is 451 g/mol. The number of hydrogen-bond donors (Lipinski definition) is 4. The number of furan rings is 2. The molecule has 0 fully saturated rings. The highest BCUT2D eigenvalue weighted by Gasteiger charge is 2.15. The third kappa shape index (κ3) is 7.21. The Morgan fingerprint density at radius 3 is 2.24 bits per heavy atom. The van der Waals surface area contributed by atoms with Gasteiger partial charge in [-0.15, -0.1) is 0 Å². The van der Waals surface area contributed by atoms with Crippen molar-refractivity contribution in [2.24, 2.45) is 5.10 Å². The van der Waals surface area contributed by atoms with Crippen LogP contribution in [0, 0.1) is 6.92 Å². The fraction of sp³-hybridized carbons (Fsp3) is 0.136. The van der Waals surface area contributed by atoms with E-state index in [9.17, 15) is 19.2 Å². The maximum atomic E-state index is 12.0. The van der Waals surface area contributed by atoms with E-state index in [1.165, 1.54) is 12.5 Å². The number of hydrogen-bond acceptors (Lipinski definition) is 7. The minimum atomic E-state index is -0.962. The van der Waals surface area contributed by atoms with Crippen LogP contribution in [-0.4, -0.2) is 29.8 Å². The summed E-state index contributed by atoms with van der Waals surface area (Å²) in [5.74, 6) is -2.35. The molecule has 3 aromatic rings. The van der Waals surface area contributed by atoms with Crippen LogP contribution in [0.1, 0.15) is 22.8 Å². The molecule has 0 radical (unpaired) electrons. The molecule has 1 aromatic carbocycles. The molecule has 2 heterocycles. The fourth-order valence-corrected chi connectivity index (χ4v) is 2.50. The number of nitrogens with zero attached hydrogens (tertiary/aromatic N) is 1. The summed E-state index contributed by atoms with van der Waals surface area (Å²) >= 11 is 0. The van der Waals surface area contributed by atoms with E-state index in [1.54, 1.807) is 36.4 Å². The molecule has 0 aliphatic heterocycles. The second kappa shape index (κ2) is 11.1. The van der Waals surface area contributed by atoms with Gasteiger partial charge in [-0.2, -0.15) is 5.10 Å². The summed E-state index contributed by atoms with van der Waals surface area (Å²) in [5, 5.41) is 11.0. The van der Waals surface area contributed by atoms with Gasteiger partial charge in [0.1, 0.15) is 17.3 Å². The Labute approximate surface area is 188 Å². The molecule has 0 saturated carbocycles. The number of hydrazone groups is 1. The van der Waals surface area contributed by atoms with Gasteiger partial charge in [0.25, 0.3) is 0 Å². The van der Waals surface area contributed by atoms with Crippen LogP contribution in [0.3, 0.4) is 0 Å². The summed E-state index contributed by atoms with van der Waals surface area (Å²) in [7, 11) is 0. The Hall–Kier alpha value is -4.67. The first-order chi connectivity index (χ1) is 15.9. The number of carbonyl (C=O) groups excluding carboxylic acids is 4. The first kappa shape index (κ1) is 23.0. The second-order valence-corrected chi connectivity index (χ2v) is 6.77. The molecule has 11 heteroatoms. The van der Waals surface area contributed by atoms with E-state index in [0.717, 1.165) is 5.56 Å². The Balaban J connectivity index is 1.39. The van der Waals surface area contributed by atoms with Crippen molar-refractivity contribution < 1.29 is 28.0 Å². The van der Waals surface area contributed by atoms with E-state index in [0.29, 0.717) is 17.2 Å². The summed E-state index contributed by atoms with van der Waals surface area (Å²) in [5.41, 5.74) is 3.61. The summed E-state index contributed by atoms with van der Waals surface area (Å²) in [4.78, 5) is 47.3. The molecule has 4 N–H and O–H groups in total. The molecular formula is C22H21N5O6. The predicted octanol–water partition coefficient (Wildman–Crippen LogP) is 1.20. The van der Waals surface area contributed by atoms with Gasteiger partial charge in [0.15, 0.2) is 0 Å². The Morgan fingerprint density at radius 1 is 0.848 bits per heavy atom. The lowest BCUT2D eigenvalue weighted by atomic mass is 10.2. The average Bonchev–Trinajstić information content (AvgIpc) is 3.49. The number of nitrogens with one attached hydrogen (secondary N) is 4. The molecule has 0 spiro atoms. The third-order valence-corrected chi connectivity index (χ3v) is 4.19. The van der Waals surface area contributed by atoms with E-state index >= 15 is 0 Å². The van der Waals surface area contributed by atoms with Crippen molar-refractivity contribution in [3.63, 3.8) is 0 Å². The van der Waals surface area contributed by atoms with E-state index in [4.69, 9.17) is 8.83 Å². The van der Waals surface area contributed by atoms with Crippen LogP contribution >= 0.6 is 0 Å². The van der Waals surface area contributed by atoms with Crippen LogP contribution in [0.4, 0.5) is 5.69 Å². The van der Waals surface area contributed by atoms with E-state index in [2.05, 4.69) is 26.5 Å². The van der Waals surface area contributed by atoms with Crippen LogP contribution in [0.25, 0.3) is 0 Å². The van der Waals surface area contributed by atoms with E-state index in [1.807, 2.05) is 19.1 Å². The Bertz CT molecular complexity index is 1150. The van der Waals surface area contributed by atoms with Gasteiger partial charge in [-0.25, -0.2) is 5.43 Å². The number of carbonyl (C=O) groups is 4. The van der Waals surface area contributed by atoms with E-state index < -0.39 is 23.6 Å². The van der Waals surface area contributed by atoms with Gasteiger partial charge >= 0.3 is 23.6 Å². The molecule has 0 atom stereocenters. The molecule has 170 valence electrons. The first-order valence-corrected chi connectivity index (χ1v) is 9.79. The highest BCUT2D eigenvalue weighted by atomic mass is 16.3. The molecule has 0 aliphatic carbocycles. The van der Waals surface area contributed by atoms with Crippen molar-refractivity contribution in [2.75, 3.05) is 5.32 Å². The standard InChI is InChI=1S/C22H21N5O6/c1-14-4-6-15(7-5-14)26-21(30)19(28)24-12-17-8-9-18(33-17)13-25-27-22(31)20(29)23-11-16-3-2-10-32-16/h2-10,13H,11-12H2,1H3,(H,23,29)(H,24,28)(H,26,30)(H,27,31)/b25-13+. The van der Waals surface area contributed by atoms with Crippen LogP contribution in [0.2, 0.25) is 0 Å². The maximum Gasteiger partial charge on any atom is 0.329 e. The van der Waals surface area contributed by atoms with Crippen LogP contribution in [0.15, 0.2) is 68.7 Å². The monoisotopic (exact) mass is 451 g/mol. The third-order valence-electron chi connectivity index (χ3n) is 4.19. The SMILES string of the molecule is Cc1ccc(NC(=O)C(=O)NCc2ccc(/C=N/NC(=O)C(=O)NCc3ccco3)o2)cc1. The van der Waals surface area contributed by atoms with Crippen molar-refractivity contribution in [3.05, 3.63) is 77.6 Å². The van der Waals surface area contributed by atoms with Crippen LogP contribution < -0.4 is 21.4 Å². The molecule has 2 aromatic heterocycles. The van der Waals surface area contributed by atoms with Crippen LogP contribution in [-0.2, 0) is 32.3 Å². The van der Waals surface area contributed by atoms with Gasteiger partial charge < -0.3 is 24.8 Å². The van der Waals surface area contributed by atoms with Gasteiger partial charge in [0.2, 0.25) is 0 Å². The molecule has 33 heavy (non-hydrogen) atoms. The van der Waals surface area contributed by atoms with Crippen molar-refractivity contribution in [2.45, 2.75) is 20.0 Å². The van der Waals surface area contributed by atoms with Crippen molar-refractivity contribution in [1.29, 1.82) is 0 Å². The highest BCUT2D eigenvalue weighted by molar-refractivity contribution is 6.39. The number of amides is 4. The zero-order chi connectivity index (χ0) is 23.6. The number of rotatable bonds is 7. The van der Waals surface area contributed by atoms with Gasteiger partial charge in [-0.1, -0.05) is 17.7 Å². The molecule has 0 aliphatic rings. The van der Waals surface area contributed by atoms with Crippen molar-refractivity contribution in [1.82, 2.24) is 16.1 Å². The lowest BCUT2D eigenvalue weighted by Gasteiger charge is -2.05. The Morgan fingerprint density at radius 2 is 1.55 bits per heavy atom. The Kier molecular flexibility index (Phi) is 7.73. The summed E-state index contributed by atoms with van der Waals surface area (Å²) < 4.78 is 10.5. The lowest BCUT2D eigenvalue weighted by Crippen LogP contribution is -2.37. The predicted molar refractivity (Wildman–Crippen MR) is 117 cm³/mol. The van der Waals surface area contributed by atoms with Crippen LogP contribution in [0.5, 0.6) is 0 Å². The first-order valence-electron chi connectivity index (χ1n) is 9.79. The molecular weight excluding hydrogens is 430 g/mol. The lowest BCUT2D eigenvalue weighted by molar-refractivity contribution is -0.139. The minimum absolute atomic E-state index is 0.0322. The van der Waals surface area contributed by atoms with Gasteiger partial charge in [0.05, 0.1) is 25.6 Å². The molecule has 0 saturated heterocycles.